The first-order valence-electron chi connectivity index (χ1n) is 5.89. The summed E-state index contributed by atoms with van der Waals surface area (Å²) in [5.41, 5.74) is -1.06. The molecule has 7 heteroatoms. The molecule has 1 aliphatic carbocycles. The van der Waals surface area contributed by atoms with E-state index in [1.807, 2.05) is 16.4 Å². The summed E-state index contributed by atoms with van der Waals surface area (Å²) in [6.07, 6.45) is 2.40. The molecule has 2 N–H and O–H groups in total. The molecule has 1 aliphatic rings. The van der Waals surface area contributed by atoms with Crippen LogP contribution >= 0.6 is 11.3 Å². The smallest absolute Gasteiger partial charge is 0.331 e. The van der Waals surface area contributed by atoms with Gasteiger partial charge in [0.1, 0.15) is 0 Å². The third-order valence-electron chi connectivity index (χ3n) is 3.40. The van der Waals surface area contributed by atoms with Crippen LogP contribution < -0.4 is 11.2 Å². The molecule has 2 aromatic heterocycles. The number of hydrogen-bond donors (Lipinski definition) is 2. The molecule has 1 atom stereocenters. The number of nitrogens with zero attached hydrogens (tertiary/aromatic N) is 1. The molecule has 0 aliphatic heterocycles. The van der Waals surface area contributed by atoms with Crippen molar-refractivity contribution in [3.8, 4) is 5.88 Å². The van der Waals surface area contributed by atoms with Gasteiger partial charge in [0.25, 0.3) is 5.56 Å². The van der Waals surface area contributed by atoms with Crippen molar-refractivity contribution in [1.82, 2.24) is 9.55 Å². The van der Waals surface area contributed by atoms with Gasteiger partial charge in [-0.1, -0.05) is 0 Å². The second kappa shape index (κ2) is 4.34. The summed E-state index contributed by atoms with van der Waals surface area (Å²) in [5, 5.41) is 11.7. The van der Waals surface area contributed by atoms with Crippen LogP contribution in [0.4, 0.5) is 4.39 Å². The lowest BCUT2D eigenvalue weighted by molar-refractivity contribution is 0.333. The van der Waals surface area contributed by atoms with E-state index < -0.39 is 29.0 Å². The molecule has 0 radical (unpaired) electrons. The number of H-pyrrole nitrogens is 1. The topological polar surface area (TPSA) is 75.1 Å². The molecule has 3 rings (SSSR count). The van der Waals surface area contributed by atoms with E-state index in [9.17, 15) is 19.1 Å². The number of aryl methyl sites for hydroxylation is 1. The van der Waals surface area contributed by atoms with Crippen molar-refractivity contribution in [3.63, 3.8) is 0 Å². The lowest BCUT2D eigenvalue weighted by Gasteiger charge is -2.25. The summed E-state index contributed by atoms with van der Waals surface area (Å²) in [7, 11) is 0. The molecule has 0 amide bonds. The Balaban J connectivity index is 2.23. The molecule has 0 spiro atoms. The van der Waals surface area contributed by atoms with Gasteiger partial charge in [0.15, 0.2) is 0 Å². The first-order chi connectivity index (χ1) is 9.09. The Bertz CT molecular complexity index is 746. The first kappa shape index (κ1) is 12.2. The molecule has 100 valence electrons. The van der Waals surface area contributed by atoms with Crippen molar-refractivity contribution in [2.75, 3.05) is 0 Å². The molecular formula is C12H11FN2O3S. The highest BCUT2D eigenvalue weighted by atomic mass is 32.1. The van der Waals surface area contributed by atoms with Crippen LogP contribution in [-0.4, -0.2) is 14.7 Å². The van der Waals surface area contributed by atoms with Gasteiger partial charge in [-0.2, -0.15) is 4.39 Å². The number of fused-ring (bicyclic) bond motifs is 1. The van der Waals surface area contributed by atoms with Crippen LogP contribution in [0.15, 0.2) is 21.0 Å². The molecule has 0 aromatic carbocycles. The highest BCUT2D eigenvalue weighted by Crippen LogP contribution is 2.36. The second-order valence-electron chi connectivity index (χ2n) is 4.47. The number of thiophene rings is 1. The SMILES string of the molecule is O=c1[nH]c(=O)n(C2CCCc3sccc32)c(O)c1F. The Hall–Kier alpha value is -1.89. The molecule has 0 bridgehead atoms. The van der Waals surface area contributed by atoms with E-state index in [2.05, 4.69) is 0 Å². The summed E-state index contributed by atoms with van der Waals surface area (Å²) in [6.45, 7) is 0. The molecule has 2 aromatic rings. The van der Waals surface area contributed by atoms with Gasteiger partial charge in [-0.25, -0.2) is 4.79 Å². The fourth-order valence-electron chi connectivity index (χ4n) is 2.54. The predicted molar refractivity (Wildman–Crippen MR) is 68.3 cm³/mol. The van der Waals surface area contributed by atoms with Crippen molar-refractivity contribution < 1.29 is 9.50 Å². The van der Waals surface area contributed by atoms with E-state index in [0.717, 1.165) is 27.8 Å². The lowest BCUT2D eigenvalue weighted by atomic mass is 9.94. The average Bonchev–Trinajstić information content (AvgIpc) is 2.85. The number of aromatic hydroxyl groups is 1. The Morgan fingerprint density at radius 1 is 1.47 bits per heavy atom. The highest BCUT2D eigenvalue weighted by molar-refractivity contribution is 7.10. The van der Waals surface area contributed by atoms with Crippen molar-refractivity contribution in [1.29, 1.82) is 0 Å². The summed E-state index contributed by atoms with van der Waals surface area (Å²) in [6, 6.07) is 1.45. The second-order valence-corrected chi connectivity index (χ2v) is 5.47. The standard InChI is InChI=1S/C12H11FN2O3S/c13-9-10(16)14-12(18)15(11(9)17)7-2-1-3-8-6(7)4-5-19-8/h4-5,7,17H,1-3H2,(H,14,16,18). The van der Waals surface area contributed by atoms with E-state index in [4.69, 9.17) is 0 Å². The van der Waals surface area contributed by atoms with Gasteiger partial charge in [0.2, 0.25) is 11.7 Å². The number of nitrogens with one attached hydrogen (secondary N) is 1. The van der Waals surface area contributed by atoms with Gasteiger partial charge in [0.05, 0.1) is 6.04 Å². The number of aromatic nitrogens is 2. The first-order valence-corrected chi connectivity index (χ1v) is 6.77. The maximum Gasteiger partial charge on any atom is 0.331 e. The predicted octanol–water partition coefficient (Wildman–Crippen LogP) is 1.37. The number of hydrogen-bond acceptors (Lipinski definition) is 4. The minimum Gasteiger partial charge on any atom is -0.492 e. The van der Waals surface area contributed by atoms with Crippen LogP contribution in [0.25, 0.3) is 0 Å². The van der Waals surface area contributed by atoms with E-state index in [1.165, 1.54) is 0 Å². The third kappa shape index (κ3) is 1.81. The fraction of sp³-hybridized carbons (Fsp3) is 0.333. The number of halogens is 1. The normalized spacial score (nSPS) is 18.3. The zero-order valence-corrected chi connectivity index (χ0v) is 10.7. The van der Waals surface area contributed by atoms with E-state index >= 15 is 0 Å². The Kier molecular flexibility index (Phi) is 2.78. The van der Waals surface area contributed by atoms with Gasteiger partial charge in [-0.3, -0.25) is 14.3 Å². The molecule has 2 heterocycles. The number of rotatable bonds is 1. The van der Waals surface area contributed by atoms with Crippen molar-refractivity contribution >= 4 is 11.3 Å². The molecular weight excluding hydrogens is 271 g/mol. The monoisotopic (exact) mass is 282 g/mol. The molecule has 1 unspecified atom stereocenters. The van der Waals surface area contributed by atoms with Crippen LogP contribution in [0.5, 0.6) is 5.88 Å². The quantitative estimate of drug-likeness (QED) is 0.829. The van der Waals surface area contributed by atoms with Crippen LogP contribution in [-0.2, 0) is 6.42 Å². The van der Waals surface area contributed by atoms with Gasteiger partial charge in [-0.15, -0.1) is 11.3 Å². The highest BCUT2D eigenvalue weighted by Gasteiger charge is 2.27. The molecule has 19 heavy (non-hydrogen) atoms. The van der Waals surface area contributed by atoms with Gasteiger partial charge < -0.3 is 5.11 Å². The maximum atomic E-state index is 13.5. The van der Waals surface area contributed by atoms with E-state index in [0.29, 0.717) is 6.42 Å². The van der Waals surface area contributed by atoms with Crippen LogP contribution in [0, 0.1) is 5.82 Å². The van der Waals surface area contributed by atoms with Crippen molar-refractivity contribution in [3.05, 3.63) is 48.5 Å². The molecule has 0 saturated carbocycles. The zero-order valence-electron chi connectivity index (χ0n) is 9.85. The maximum absolute atomic E-state index is 13.5. The van der Waals surface area contributed by atoms with Gasteiger partial charge in [-0.05, 0) is 36.3 Å². The van der Waals surface area contributed by atoms with E-state index in [-0.39, 0.29) is 0 Å². The van der Waals surface area contributed by atoms with Gasteiger partial charge >= 0.3 is 5.69 Å². The minimum absolute atomic E-state index is 0.422. The Labute approximate surface area is 111 Å². The van der Waals surface area contributed by atoms with Crippen LogP contribution in [0.3, 0.4) is 0 Å². The van der Waals surface area contributed by atoms with Crippen LogP contribution in [0.1, 0.15) is 29.3 Å². The van der Waals surface area contributed by atoms with Gasteiger partial charge in [0, 0.05) is 4.88 Å². The Morgan fingerprint density at radius 2 is 2.26 bits per heavy atom. The molecule has 0 saturated heterocycles. The molecule has 0 fully saturated rings. The molecule has 5 nitrogen and oxygen atoms in total. The van der Waals surface area contributed by atoms with E-state index in [1.54, 1.807) is 11.3 Å². The third-order valence-corrected chi connectivity index (χ3v) is 4.39. The average molecular weight is 282 g/mol. The number of aromatic amines is 1. The van der Waals surface area contributed by atoms with Crippen molar-refractivity contribution in [2.45, 2.75) is 25.3 Å². The lowest BCUT2D eigenvalue weighted by Crippen LogP contribution is -2.35. The summed E-state index contributed by atoms with van der Waals surface area (Å²) in [4.78, 5) is 25.9. The Morgan fingerprint density at radius 3 is 3.05 bits per heavy atom. The van der Waals surface area contributed by atoms with Crippen LogP contribution in [0.2, 0.25) is 0 Å². The summed E-state index contributed by atoms with van der Waals surface area (Å²) in [5.74, 6) is -2.21. The largest absolute Gasteiger partial charge is 0.492 e. The summed E-state index contributed by atoms with van der Waals surface area (Å²) < 4.78 is 14.4. The summed E-state index contributed by atoms with van der Waals surface area (Å²) >= 11 is 1.58. The fourth-order valence-corrected chi connectivity index (χ4v) is 3.52. The van der Waals surface area contributed by atoms with Crippen molar-refractivity contribution in [2.24, 2.45) is 0 Å². The zero-order chi connectivity index (χ0) is 13.6. The minimum atomic E-state index is -1.32.